The summed E-state index contributed by atoms with van der Waals surface area (Å²) in [5.74, 6) is -0.323. The van der Waals surface area contributed by atoms with Crippen LogP contribution in [0.25, 0.3) is 0 Å². The summed E-state index contributed by atoms with van der Waals surface area (Å²) in [5.41, 5.74) is 0.550. The lowest BCUT2D eigenvalue weighted by Gasteiger charge is -2.14. The van der Waals surface area contributed by atoms with E-state index >= 15 is 0 Å². The van der Waals surface area contributed by atoms with E-state index in [1.807, 2.05) is 13.0 Å². The van der Waals surface area contributed by atoms with Crippen molar-refractivity contribution in [2.45, 2.75) is 25.9 Å². The van der Waals surface area contributed by atoms with E-state index in [0.29, 0.717) is 12.0 Å². The van der Waals surface area contributed by atoms with Crippen molar-refractivity contribution >= 4 is 5.97 Å². The van der Waals surface area contributed by atoms with Crippen LogP contribution < -0.4 is 0 Å². The van der Waals surface area contributed by atoms with Crippen LogP contribution in [-0.2, 0) is 4.74 Å². The number of carbonyl (C=O) groups excluding carboxylic acids is 1. The summed E-state index contributed by atoms with van der Waals surface area (Å²) >= 11 is 0. The van der Waals surface area contributed by atoms with Gasteiger partial charge >= 0.3 is 5.97 Å². The molecular weight excluding hydrogens is 192 g/mol. The Morgan fingerprint density at radius 3 is 2.60 bits per heavy atom. The molecule has 1 rings (SSSR count). The van der Waals surface area contributed by atoms with Gasteiger partial charge in [0.25, 0.3) is 0 Å². The number of esters is 1. The molecule has 0 bridgehead atoms. The second kappa shape index (κ2) is 6.19. The molecule has 0 fully saturated rings. The minimum atomic E-state index is -0.323. The van der Waals surface area contributed by atoms with Crippen LogP contribution in [-0.4, -0.2) is 23.8 Å². The average molecular weight is 208 g/mol. The van der Waals surface area contributed by atoms with Gasteiger partial charge in [0, 0.05) is 13.0 Å². The van der Waals surface area contributed by atoms with E-state index < -0.39 is 0 Å². The molecule has 1 aromatic rings. The van der Waals surface area contributed by atoms with Gasteiger partial charge in [-0.1, -0.05) is 25.1 Å². The summed E-state index contributed by atoms with van der Waals surface area (Å²) in [6, 6.07) is 8.87. The number of hydrogen-bond acceptors (Lipinski definition) is 3. The van der Waals surface area contributed by atoms with E-state index in [4.69, 9.17) is 9.84 Å². The molecule has 1 N–H and O–H groups in total. The second-order valence-electron chi connectivity index (χ2n) is 3.31. The fraction of sp³-hybridized carbons (Fsp3) is 0.417. The standard InChI is InChI=1S/C12H16O3/c1-2-11(8-9-13)15-12(14)10-6-4-3-5-7-10/h3-7,11,13H,2,8-9H2,1H3. The summed E-state index contributed by atoms with van der Waals surface area (Å²) in [6.45, 7) is 1.97. The molecule has 0 aromatic heterocycles. The topological polar surface area (TPSA) is 46.5 Å². The highest BCUT2D eigenvalue weighted by Crippen LogP contribution is 2.08. The molecule has 82 valence electrons. The maximum absolute atomic E-state index is 11.6. The Kier molecular flexibility index (Phi) is 4.84. The van der Waals surface area contributed by atoms with Crippen LogP contribution in [0.15, 0.2) is 30.3 Å². The molecule has 3 heteroatoms. The molecular formula is C12H16O3. The average Bonchev–Trinajstić information content (AvgIpc) is 2.29. The SMILES string of the molecule is CCC(CCO)OC(=O)c1ccccc1. The number of hydrogen-bond donors (Lipinski definition) is 1. The Labute approximate surface area is 89.7 Å². The number of aliphatic hydroxyl groups excluding tert-OH is 1. The first-order valence-corrected chi connectivity index (χ1v) is 5.14. The van der Waals surface area contributed by atoms with Gasteiger partial charge < -0.3 is 9.84 Å². The Morgan fingerprint density at radius 2 is 2.07 bits per heavy atom. The van der Waals surface area contributed by atoms with Crippen molar-refractivity contribution in [2.24, 2.45) is 0 Å². The predicted molar refractivity (Wildman–Crippen MR) is 57.6 cm³/mol. The van der Waals surface area contributed by atoms with Gasteiger partial charge in [0.1, 0.15) is 6.10 Å². The van der Waals surface area contributed by atoms with Crippen molar-refractivity contribution in [2.75, 3.05) is 6.61 Å². The van der Waals surface area contributed by atoms with Crippen LogP contribution >= 0.6 is 0 Å². The van der Waals surface area contributed by atoms with E-state index in [2.05, 4.69) is 0 Å². The maximum atomic E-state index is 11.6. The molecule has 1 aromatic carbocycles. The van der Waals surface area contributed by atoms with Gasteiger partial charge in [0.2, 0.25) is 0 Å². The molecule has 1 atom stereocenters. The third kappa shape index (κ3) is 3.72. The van der Waals surface area contributed by atoms with Gasteiger partial charge in [-0.05, 0) is 18.6 Å². The summed E-state index contributed by atoms with van der Waals surface area (Å²) in [5, 5.41) is 8.76. The number of aliphatic hydroxyl groups is 1. The molecule has 0 aliphatic heterocycles. The number of ether oxygens (including phenoxy) is 1. The van der Waals surface area contributed by atoms with Crippen molar-refractivity contribution in [1.82, 2.24) is 0 Å². The molecule has 0 radical (unpaired) electrons. The van der Waals surface area contributed by atoms with Crippen molar-refractivity contribution in [1.29, 1.82) is 0 Å². The normalized spacial score (nSPS) is 12.1. The molecule has 3 nitrogen and oxygen atoms in total. The number of carbonyl (C=O) groups is 1. The monoisotopic (exact) mass is 208 g/mol. The molecule has 0 saturated carbocycles. The van der Waals surface area contributed by atoms with Gasteiger partial charge in [0.15, 0.2) is 0 Å². The number of benzene rings is 1. The maximum Gasteiger partial charge on any atom is 0.338 e. The lowest BCUT2D eigenvalue weighted by atomic mass is 10.2. The fourth-order valence-electron chi connectivity index (χ4n) is 1.28. The Balaban J connectivity index is 2.55. The highest BCUT2D eigenvalue weighted by molar-refractivity contribution is 5.89. The fourth-order valence-corrected chi connectivity index (χ4v) is 1.28. The minimum absolute atomic E-state index is 0.0422. The molecule has 0 aliphatic rings. The lowest BCUT2D eigenvalue weighted by Crippen LogP contribution is -2.18. The van der Waals surface area contributed by atoms with Crippen LogP contribution in [0.4, 0.5) is 0 Å². The smallest absolute Gasteiger partial charge is 0.338 e. The van der Waals surface area contributed by atoms with E-state index in [9.17, 15) is 4.79 Å². The molecule has 0 aliphatic carbocycles. The van der Waals surface area contributed by atoms with Gasteiger partial charge in [0.05, 0.1) is 5.56 Å². The van der Waals surface area contributed by atoms with Crippen molar-refractivity contribution < 1.29 is 14.6 Å². The lowest BCUT2D eigenvalue weighted by molar-refractivity contribution is 0.0233. The molecule has 0 amide bonds. The predicted octanol–water partition coefficient (Wildman–Crippen LogP) is 2.00. The second-order valence-corrected chi connectivity index (χ2v) is 3.31. The Morgan fingerprint density at radius 1 is 1.40 bits per heavy atom. The molecule has 0 spiro atoms. The zero-order valence-corrected chi connectivity index (χ0v) is 8.85. The van der Waals surface area contributed by atoms with E-state index in [1.165, 1.54) is 0 Å². The first kappa shape index (κ1) is 11.7. The summed E-state index contributed by atoms with van der Waals surface area (Å²) in [6.07, 6.45) is 1.02. The zero-order chi connectivity index (χ0) is 11.1. The highest BCUT2D eigenvalue weighted by atomic mass is 16.5. The van der Waals surface area contributed by atoms with Crippen LogP contribution in [0.3, 0.4) is 0 Å². The first-order chi connectivity index (χ1) is 7.27. The number of rotatable bonds is 5. The van der Waals surface area contributed by atoms with Crippen molar-refractivity contribution in [3.63, 3.8) is 0 Å². The van der Waals surface area contributed by atoms with E-state index in [-0.39, 0.29) is 18.7 Å². The van der Waals surface area contributed by atoms with Crippen LogP contribution in [0.5, 0.6) is 0 Å². The molecule has 0 heterocycles. The van der Waals surface area contributed by atoms with Crippen LogP contribution in [0.2, 0.25) is 0 Å². The summed E-state index contributed by atoms with van der Waals surface area (Å²) < 4.78 is 5.23. The first-order valence-electron chi connectivity index (χ1n) is 5.14. The van der Waals surface area contributed by atoms with Crippen LogP contribution in [0, 0.1) is 0 Å². The van der Waals surface area contributed by atoms with Gasteiger partial charge in [-0.15, -0.1) is 0 Å². The molecule has 0 saturated heterocycles. The Bertz CT molecular complexity index is 295. The summed E-state index contributed by atoms with van der Waals surface area (Å²) in [7, 11) is 0. The van der Waals surface area contributed by atoms with Crippen molar-refractivity contribution in [3.05, 3.63) is 35.9 Å². The van der Waals surface area contributed by atoms with Crippen molar-refractivity contribution in [3.8, 4) is 0 Å². The largest absolute Gasteiger partial charge is 0.459 e. The van der Waals surface area contributed by atoms with Gasteiger partial charge in [-0.25, -0.2) is 4.79 Å². The Hall–Kier alpha value is -1.35. The van der Waals surface area contributed by atoms with E-state index in [1.54, 1.807) is 24.3 Å². The van der Waals surface area contributed by atoms with Gasteiger partial charge in [-0.3, -0.25) is 0 Å². The van der Waals surface area contributed by atoms with E-state index in [0.717, 1.165) is 6.42 Å². The third-order valence-corrected chi connectivity index (χ3v) is 2.19. The molecule has 1 unspecified atom stereocenters. The minimum Gasteiger partial charge on any atom is -0.459 e. The zero-order valence-electron chi connectivity index (χ0n) is 8.85. The highest BCUT2D eigenvalue weighted by Gasteiger charge is 2.13. The van der Waals surface area contributed by atoms with Crippen LogP contribution in [0.1, 0.15) is 30.1 Å². The quantitative estimate of drug-likeness (QED) is 0.753. The third-order valence-electron chi connectivity index (χ3n) is 2.19. The summed E-state index contributed by atoms with van der Waals surface area (Å²) in [4.78, 5) is 11.6. The molecule has 15 heavy (non-hydrogen) atoms. The van der Waals surface area contributed by atoms with Gasteiger partial charge in [-0.2, -0.15) is 0 Å².